The van der Waals surface area contributed by atoms with Gasteiger partial charge in [0, 0.05) is 62.7 Å². The molecule has 1 unspecified atom stereocenters. The predicted octanol–water partition coefficient (Wildman–Crippen LogP) is 4.36. The molecule has 0 radical (unpaired) electrons. The number of carbonyl (C=O) groups is 2. The number of hydrogen-bond donors (Lipinski definition) is 1. The molecule has 214 valence electrons. The molecule has 1 N–H and O–H groups in total. The Morgan fingerprint density at radius 2 is 1.98 bits per heavy atom. The number of nitrogens with zero attached hydrogens (tertiary/aromatic N) is 4. The van der Waals surface area contributed by atoms with Gasteiger partial charge in [0.2, 0.25) is 5.91 Å². The SMILES string of the molecule is CC1(C)CC(=O)N(c2ccc3cc(CN4CC[C@H](Oc5ccc6c(c5)CN(C5CCCNC5)C6=O)C4)ccc3n2)C1. The summed E-state index contributed by atoms with van der Waals surface area (Å²) >= 11 is 0. The number of pyridine rings is 1. The number of nitrogens with one attached hydrogen (secondary N) is 1. The molecule has 3 saturated heterocycles. The average molecular weight is 554 g/mol. The number of benzene rings is 2. The minimum Gasteiger partial charge on any atom is -0.489 e. The van der Waals surface area contributed by atoms with E-state index in [2.05, 4.69) is 54.4 Å². The second-order valence-electron chi connectivity index (χ2n) is 13.0. The molecule has 0 spiro atoms. The van der Waals surface area contributed by atoms with Crippen LogP contribution in [-0.4, -0.2) is 71.5 Å². The summed E-state index contributed by atoms with van der Waals surface area (Å²) < 4.78 is 6.41. The summed E-state index contributed by atoms with van der Waals surface area (Å²) in [4.78, 5) is 36.6. The normalized spacial score (nSPS) is 24.4. The molecule has 0 saturated carbocycles. The molecule has 3 aromatic rings. The molecular weight excluding hydrogens is 514 g/mol. The number of amides is 2. The highest BCUT2D eigenvalue weighted by Crippen LogP contribution is 2.34. The molecule has 4 aliphatic heterocycles. The number of anilines is 1. The first-order valence-corrected chi connectivity index (χ1v) is 15.1. The van der Waals surface area contributed by atoms with E-state index in [0.717, 1.165) is 85.6 Å². The van der Waals surface area contributed by atoms with E-state index >= 15 is 0 Å². The summed E-state index contributed by atoms with van der Waals surface area (Å²) in [5.41, 5.74) is 4.06. The van der Waals surface area contributed by atoms with Crippen LogP contribution in [0.15, 0.2) is 48.5 Å². The highest BCUT2D eigenvalue weighted by Gasteiger charge is 2.37. The first-order chi connectivity index (χ1) is 19.8. The van der Waals surface area contributed by atoms with Crippen molar-refractivity contribution < 1.29 is 14.3 Å². The Balaban J connectivity index is 0.964. The fraction of sp³-hybridized carbons (Fsp3) is 0.485. The second-order valence-corrected chi connectivity index (χ2v) is 13.0. The van der Waals surface area contributed by atoms with Crippen molar-refractivity contribution in [1.29, 1.82) is 0 Å². The zero-order chi connectivity index (χ0) is 28.1. The van der Waals surface area contributed by atoms with Gasteiger partial charge in [-0.15, -0.1) is 0 Å². The van der Waals surface area contributed by atoms with Crippen molar-refractivity contribution in [3.63, 3.8) is 0 Å². The molecule has 7 rings (SSSR count). The van der Waals surface area contributed by atoms with E-state index in [9.17, 15) is 9.59 Å². The fourth-order valence-electron chi connectivity index (χ4n) is 6.97. The smallest absolute Gasteiger partial charge is 0.254 e. The lowest BCUT2D eigenvalue weighted by Gasteiger charge is -2.31. The van der Waals surface area contributed by atoms with Gasteiger partial charge in [0.15, 0.2) is 0 Å². The van der Waals surface area contributed by atoms with Gasteiger partial charge in [-0.2, -0.15) is 0 Å². The summed E-state index contributed by atoms with van der Waals surface area (Å²) in [5.74, 6) is 1.91. The maximum atomic E-state index is 13.0. The molecule has 2 amide bonds. The zero-order valence-corrected chi connectivity index (χ0v) is 24.1. The molecule has 8 nitrogen and oxygen atoms in total. The number of aromatic nitrogens is 1. The van der Waals surface area contributed by atoms with Crippen molar-refractivity contribution in [2.24, 2.45) is 5.41 Å². The highest BCUT2D eigenvalue weighted by atomic mass is 16.5. The van der Waals surface area contributed by atoms with Crippen LogP contribution in [0.2, 0.25) is 0 Å². The lowest BCUT2D eigenvalue weighted by molar-refractivity contribution is -0.117. The standard InChI is InChI=1S/C33H39N5O3/c1-33(2)16-31(39)38(21-33)30-10-6-23-14-22(5-9-29(23)35-30)18-36-13-11-27(20-36)41-26-7-8-28-24(15-26)19-37(32(28)40)25-4-3-12-34-17-25/h5-10,14-15,25,27,34H,3-4,11-13,16-21H2,1-2H3/t25?,27-/m0/s1. The van der Waals surface area contributed by atoms with Crippen molar-refractivity contribution in [1.82, 2.24) is 20.1 Å². The van der Waals surface area contributed by atoms with E-state index in [1.807, 2.05) is 28.0 Å². The molecule has 3 fully saturated rings. The van der Waals surface area contributed by atoms with Crippen molar-refractivity contribution in [3.8, 4) is 5.75 Å². The van der Waals surface area contributed by atoms with Gasteiger partial charge in [-0.25, -0.2) is 4.98 Å². The Morgan fingerprint density at radius 1 is 1.07 bits per heavy atom. The van der Waals surface area contributed by atoms with Crippen LogP contribution in [0.25, 0.3) is 10.9 Å². The minimum atomic E-state index is -0.0118. The van der Waals surface area contributed by atoms with Crippen LogP contribution in [0.1, 0.15) is 61.0 Å². The number of fused-ring (bicyclic) bond motifs is 2. The summed E-state index contributed by atoms with van der Waals surface area (Å²) in [7, 11) is 0. The Bertz CT molecular complexity index is 1500. The van der Waals surface area contributed by atoms with Gasteiger partial charge in [0.05, 0.1) is 5.52 Å². The summed E-state index contributed by atoms with van der Waals surface area (Å²) in [6, 6.07) is 16.8. The number of likely N-dealkylation sites (tertiary alicyclic amines) is 1. The molecule has 41 heavy (non-hydrogen) atoms. The van der Waals surface area contributed by atoms with Crippen LogP contribution in [-0.2, 0) is 17.9 Å². The average Bonchev–Trinajstić information content (AvgIpc) is 3.63. The third-order valence-corrected chi connectivity index (χ3v) is 9.09. The monoisotopic (exact) mass is 553 g/mol. The quantitative estimate of drug-likeness (QED) is 0.489. The predicted molar refractivity (Wildman–Crippen MR) is 159 cm³/mol. The number of ether oxygens (including phenoxy) is 1. The second kappa shape index (κ2) is 10.4. The fourth-order valence-corrected chi connectivity index (χ4v) is 6.97. The number of rotatable bonds is 6. The molecule has 2 aromatic carbocycles. The summed E-state index contributed by atoms with van der Waals surface area (Å²) in [5, 5.41) is 4.52. The lowest BCUT2D eigenvalue weighted by atomic mass is 9.93. The molecule has 4 aliphatic rings. The molecule has 2 atom stereocenters. The van der Waals surface area contributed by atoms with Crippen LogP contribution in [0.5, 0.6) is 5.75 Å². The number of hydrogen-bond acceptors (Lipinski definition) is 6. The Hall–Kier alpha value is -3.49. The van der Waals surface area contributed by atoms with Crippen LogP contribution in [0.3, 0.4) is 0 Å². The maximum absolute atomic E-state index is 13.0. The Kier molecular flexibility index (Phi) is 6.70. The Labute approximate surface area is 241 Å². The summed E-state index contributed by atoms with van der Waals surface area (Å²) in [6.07, 6.45) is 3.87. The van der Waals surface area contributed by atoms with Crippen LogP contribution in [0, 0.1) is 5.41 Å². The van der Waals surface area contributed by atoms with Crippen LogP contribution >= 0.6 is 0 Å². The van der Waals surface area contributed by atoms with Crippen LogP contribution < -0.4 is 15.0 Å². The minimum absolute atomic E-state index is 0.0118. The molecular formula is C33H39N5O3. The number of carbonyl (C=O) groups excluding carboxylic acids is 2. The molecule has 0 aliphatic carbocycles. The first kappa shape index (κ1) is 26.4. The van der Waals surface area contributed by atoms with E-state index in [1.165, 1.54) is 5.56 Å². The topological polar surface area (TPSA) is 78.0 Å². The van der Waals surface area contributed by atoms with E-state index in [4.69, 9.17) is 9.72 Å². The van der Waals surface area contributed by atoms with Gasteiger partial charge in [-0.1, -0.05) is 19.9 Å². The highest BCUT2D eigenvalue weighted by molar-refractivity contribution is 5.99. The van der Waals surface area contributed by atoms with Gasteiger partial charge in [0.25, 0.3) is 5.91 Å². The third-order valence-electron chi connectivity index (χ3n) is 9.09. The first-order valence-electron chi connectivity index (χ1n) is 15.1. The molecule has 8 heteroatoms. The van der Waals surface area contributed by atoms with E-state index in [0.29, 0.717) is 19.5 Å². The van der Waals surface area contributed by atoms with Crippen LogP contribution in [0.4, 0.5) is 5.82 Å². The Morgan fingerprint density at radius 3 is 2.78 bits per heavy atom. The van der Waals surface area contributed by atoms with Gasteiger partial charge in [-0.3, -0.25) is 19.4 Å². The van der Waals surface area contributed by atoms with E-state index in [1.54, 1.807) is 0 Å². The maximum Gasteiger partial charge on any atom is 0.254 e. The van der Waals surface area contributed by atoms with Gasteiger partial charge >= 0.3 is 0 Å². The van der Waals surface area contributed by atoms with Gasteiger partial charge in [-0.05, 0) is 84.8 Å². The van der Waals surface area contributed by atoms with Gasteiger partial charge < -0.3 is 15.0 Å². The lowest BCUT2D eigenvalue weighted by Crippen LogP contribution is -2.46. The molecule has 0 bridgehead atoms. The van der Waals surface area contributed by atoms with Crippen molar-refractivity contribution >= 4 is 28.5 Å². The zero-order valence-electron chi connectivity index (χ0n) is 24.1. The molecule has 5 heterocycles. The van der Waals surface area contributed by atoms with Crippen molar-refractivity contribution in [3.05, 3.63) is 65.2 Å². The van der Waals surface area contributed by atoms with Gasteiger partial charge in [0.1, 0.15) is 17.7 Å². The van der Waals surface area contributed by atoms with E-state index < -0.39 is 0 Å². The summed E-state index contributed by atoms with van der Waals surface area (Å²) in [6.45, 7) is 10.3. The largest absolute Gasteiger partial charge is 0.489 e. The van der Waals surface area contributed by atoms with E-state index in [-0.39, 0.29) is 29.4 Å². The van der Waals surface area contributed by atoms with Crippen molar-refractivity contribution in [2.45, 2.75) is 64.8 Å². The molecule has 1 aromatic heterocycles. The third kappa shape index (κ3) is 5.31. The van der Waals surface area contributed by atoms with Crippen molar-refractivity contribution in [2.75, 3.05) is 37.6 Å². The number of piperidine rings is 1.